The van der Waals surface area contributed by atoms with Crippen molar-refractivity contribution in [2.45, 2.75) is 51.0 Å². The Labute approximate surface area is 150 Å². The number of amides is 1. The van der Waals surface area contributed by atoms with Crippen LogP contribution in [0.25, 0.3) is 0 Å². The maximum absolute atomic E-state index is 12.6. The Bertz CT molecular complexity index is 681. The highest BCUT2D eigenvalue weighted by Gasteiger charge is 2.19. The predicted octanol–water partition coefficient (Wildman–Crippen LogP) is 4.36. The van der Waals surface area contributed by atoms with Crippen molar-refractivity contribution in [3.05, 3.63) is 59.8 Å². The van der Waals surface area contributed by atoms with Crippen molar-refractivity contribution in [2.24, 2.45) is 0 Å². The van der Waals surface area contributed by atoms with Crippen LogP contribution in [0.1, 0.15) is 60.9 Å². The third-order valence-electron chi connectivity index (χ3n) is 4.98. The minimum Gasteiger partial charge on any atom is -0.367 e. The van der Waals surface area contributed by atoms with Crippen LogP contribution >= 0.6 is 0 Å². The Balaban J connectivity index is 1.54. The largest absolute Gasteiger partial charge is 0.367 e. The van der Waals surface area contributed by atoms with E-state index in [0.717, 1.165) is 19.3 Å². The van der Waals surface area contributed by atoms with Gasteiger partial charge < -0.3 is 10.6 Å². The van der Waals surface area contributed by atoms with Crippen LogP contribution in [0.15, 0.2) is 48.7 Å². The van der Waals surface area contributed by atoms with Crippen molar-refractivity contribution < 1.29 is 4.79 Å². The third-order valence-corrected chi connectivity index (χ3v) is 4.98. The number of carbonyl (C=O) groups excluding carboxylic acids is 1. The number of anilines is 1. The molecular weight excluding hydrogens is 310 g/mol. The molecule has 4 nitrogen and oxygen atoms in total. The first-order chi connectivity index (χ1) is 12.2. The van der Waals surface area contributed by atoms with Crippen LogP contribution in [-0.4, -0.2) is 23.5 Å². The number of pyridine rings is 1. The molecule has 0 spiro atoms. The first kappa shape index (κ1) is 17.5. The molecule has 4 heteroatoms. The molecule has 1 atom stereocenters. The van der Waals surface area contributed by atoms with Gasteiger partial charge in [0.15, 0.2) is 0 Å². The average molecular weight is 337 g/mol. The number of nitrogens with zero attached hydrogens (tertiary/aromatic N) is 1. The van der Waals surface area contributed by atoms with Gasteiger partial charge in [0.2, 0.25) is 0 Å². The zero-order chi connectivity index (χ0) is 17.5. The fraction of sp³-hybridized carbons (Fsp3) is 0.429. The lowest BCUT2D eigenvalue weighted by Crippen LogP contribution is -2.27. The number of hydrogen-bond acceptors (Lipinski definition) is 3. The molecule has 2 aromatic rings. The molecule has 3 rings (SSSR count). The van der Waals surface area contributed by atoms with Crippen molar-refractivity contribution in [1.82, 2.24) is 10.3 Å². The van der Waals surface area contributed by atoms with Crippen molar-refractivity contribution in [2.75, 3.05) is 11.9 Å². The number of nitrogens with one attached hydrogen (secondary N) is 2. The summed E-state index contributed by atoms with van der Waals surface area (Å²) in [6, 6.07) is 14.5. The summed E-state index contributed by atoms with van der Waals surface area (Å²) in [5, 5.41) is 6.49. The second-order valence-electron chi connectivity index (χ2n) is 6.88. The summed E-state index contributed by atoms with van der Waals surface area (Å²) < 4.78 is 0. The zero-order valence-corrected chi connectivity index (χ0v) is 14.9. The van der Waals surface area contributed by atoms with E-state index in [1.54, 1.807) is 6.20 Å². The van der Waals surface area contributed by atoms with Crippen molar-refractivity contribution in [1.29, 1.82) is 0 Å². The van der Waals surface area contributed by atoms with Crippen molar-refractivity contribution >= 4 is 11.7 Å². The van der Waals surface area contributed by atoms with E-state index in [-0.39, 0.29) is 5.91 Å². The first-order valence-electron chi connectivity index (χ1n) is 9.28. The van der Waals surface area contributed by atoms with Crippen LogP contribution in [0.4, 0.5) is 5.82 Å². The average Bonchev–Trinajstić information content (AvgIpc) is 3.16. The second kappa shape index (κ2) is 8.65. The van der Waals surface area contributed by atoms with Crippen LogP contribution < -0.4 is 10.6 Å². The molecule has 0 bridgehead atoms. The van der Waals surface area contributed by atoms with E-state index in [1.165, 1.54) is 18.4 Å². The van der Waals surface area contributed by atoms with Gasteiger partial charge in [-0.1, -0.05) is 50.1 Å². The highest BCUT2D eigenvalue weighted by molar-refractivity contribution is 5.98. The highest BCUT2D eigenvalue weighted by atomic mass is 16.1. The molecule has 0 radical (unpaired) electrons. The Hall–Kier alpha value is -2.36. The number of hydrogen-bond donors (Lipinski definition) is 2. The van der Waals surface area contributed by atoms with Gasteiger partial charge in [0.25, 0.3) is 5.91 Å². The molecule has 2 N–H and O–H groups in total. The fourth-order valence-electron chi connectivity index (χ4n) is 3.41. The molecule has 1 aromatic carbocycles. The summed E-state index contributed by atoms with van der Waals surface area (Å²) in [5.74, 6) is 1.09. The summed E-state index contributed by atoms with van der Waals surface area (Å²) in [5.41, 5.74) is 1.95. The molecule has 25 heavy (non-hydrogen) atoms. The monoisotopic (exact) mass is 337 g/mol. The van der Waals surface area contributed by atoms with Gasteiger partial charge in [-0.15, -0.1) is 0 Å². The molecule has 1 heterocycles. The number of aromatic nitrogens is 1. The Morgan fingerprint density at radius 1 is 1.16 bits per heavy atom. The van der Waals surface area contributed by atoms with Gasteiger partial charge >= 0.3 is 0 Å². The summed E-state index contributed by atoms with van der Waals surface area (Å²) in [6.45, 7) is 2.85. The van der Waals surface area contributed by atoms with Crippen molar-refractivity contribution in [3.63, 3.8) is 0 Å². The van der Waals surface area contributed by atoms with Crippen LogP contribution in [0.3, 0.4) is 0 Å². The Kier molecular flexibility index (Phi) is 6.04. The molecule has 0 aliphatic heterocycles. The number of benzene rings is 1. The second-order valence-corrected chi connectivity index (χ2v) is 6.88. The lowest BCUT2D eigenvalue weighted by Gasteiger charge is -2.16. The van der Waals surface area contributed by atoms with Crippen molar-refractivity contribution in [3.8, 4) is 0 Å². The van der Waals surface area contributed by atoms with Gasteiger partial charge in [-0.05, 0) is 42.9 Å². The molecule has 132 valence electrons. The van der Waals surface area contributed by atoms with Gasteiger partial charge in [-0.2, -0.15) is 0 Å². The van der Waals surface area contributed by atoms with E-state index >= 15 is 0 Å². The molecule has 1 unspecified atom stereocenters. The van der Waals surface area contributed by atoms with Crippen LogP contribution in [-0.2, 0) is 0 Å². The Morgan fingerprint density at radius 2 is 1.92 bits per heavy atom. The predicted molar refractivity (Wildman–Crippen MR) is 102 cm³/mol. The quantitative estimate of drug-likeness (QED) is 0.789. The lowest BCUT2D eigenvalue weighted by molar-refractivity contribution is 0.0953. The number of carbonyl (C=O) groups is 1. The van der Waals surface area contributed by atoms with E-state index in [0.29, 0.717) is 29.9 Å². The number of rotatable bonds is 7. The minimum atomic E-state index is -0.0474. The lowest BCUT2D eigenvalue weighted by atomic mass is 9.98. The van der Waals surface area contributed by atoms with Crippen LogP contribution in [0, 0.1) is 0 Å². The van der Waals surface area contributed by atoms with Gasteiger partial charge in [-0.25, -0.2) is 4.98 Å². The molecule has 1 aromatic heterocycles. The maximum Gasteiger partial charge on any atom is 0.255 e. The molecular formula is C21H27N3O. The molecule has 1 fully saturated rings. The summed E-state index contributed by atoms with van der Waals surface area (Å²) in [6.07, 6.45) is 7.48. The summed E-state index contributed by atoms with van der Waals surface area (Å²) in [7, 11) is 0. The maximum atomic E-state index is 12.6. The summed E-state index contributed by atoms with van der Waals surface area (Å²) in [4.78, 5) is 16.9. The molecule has 0 saturated heterocycles. The SMILES string of the molecule is CC(CCNC(=O)c1cccnc1NC1CCCC1)c1ccccc1. The van der Waals surface area contributed by atoms with Gasteiger partial charge in [-0.3, -0.25) is 4.79 Å². The topological polar surface area (TPSA) is 54.0 Å². The van der Waals surface area contributed by atoms with Crippen LogP contribution in [0.5, 0.6) is 0 Å². The smallest absolute Gasteiger partial charge is 0.255 e. The Morgan fingerprint density at radius 3 is 2.68 bits per heavy atom. The molecule has 1 aliphatic carbocycles. The first-order valence-corrected chi connectivity index (χ1v) is 9.28. The standard InChI is InChI=1S/C21H27N3O/c1-16(17-8-3-2-4-9-17)13-15-23-21(25)19-12-7-14-22-20(19)24-18-10-5-6-11-18/h2-4,7-9,12,14,16,18H,5-6,10-11,13,15H2,1H3,(H,22,24)(H,23,25). The normalized spacial score (nSPS) is 15.7. The van der Waals surface area contributed by atoms with E-state index in [9.17, 15) is 4.79 Å². The van der Waals surface area contributed by atoms with Gasteiger partial charge in [0.05, 0.1) is 5.56 Å². The van der Waals surface area contributed by atoms with E-state index in [4.69, 9.17) is 0 Å². The van der Waals surface area contributed by atoms with Gasteiger partial charge in [0, 0.05) is 18.8 Å². The fourth-order valence-corrected chi connectivity index (χ4v) is 3.41. The highest BCUT2D eigenvalue weighted by Crippen LogP contribution is 2.23. The minimum absolute atomic E-state index is 0.0474. The molecule has 1 saturated carbocycles. The zero-order valence-electron chi connectivity index (χ0n) is 14.9. The summed E-state index contributed by atoms with van der Waals surface area (Å²) >= 11 is 0. The molecule has 1 amide bonds. The van der Waals surface area contributed by atoms with E-state index in [1.807, 2.05) is 18.2 Å². The van der Waals surface area contributed by atoms with Crippen LogP contribution in [0.2, 0.25) is 0 Å². The molecule has 1 aliphatic rings. The third kappa shape index (κ3) is 4.81. The van der Waals surface area contributed by atoms with E-state index in [2.05, 4.69) is 46.8 Å². The van der Waals surface area contributed by atoms with E-state index < -0.39 is 0 Å². The van der Waals surface area contributed by atoms with Gasteiger partial charge in [0.1, 0.15) is 5.82 Å².